The second-order valence-corrected chi connectivity index (χ2v) is 7.44. The highest BCUT2D eigenvalue weighted by atomic mass is 32.1. The van der Waals surface area contributed by atoms with E-state index in [-0.39, 0.29) is 11.6 Å². The number of hydrogen-bond donors (Lipinski definition) is 1. The summed E-state index contributed by atoms with van der Waals surface area (Å²) in [5.41, 5.74) is 1.45. The zero-order valence-corrected chi connectivity index (χ0v) is 16.3. The maximum atomic E-state index is 12.5. The van der Waals surface area contributed by atoms with Crippen LogP contribution in [0.25, 0.3) is 4.96 Å². The highest BCUT2D eigenvalue weighted by Gasteiger charge is 2.21. The van der Waals surface area contributed by atoms with Crippen molar-refractivity contribution in [1.29, 1.82) is 0 Å². The van der Waals surface area contributed by atoms with E-state index in [2.05, 4.69) is 15.2 Å². The van der Waals surface area contributed by atoms with Crippen molar-refractivity contribution >= 4 is 28.0 Å². The number of thiazole rings is 1. The molecule has 9 heteroatoms. The molecule has 0 spiro atoms. The molecule has 0 atom stereocenters. The van der Waals surface area contributed by atoms with E-state index in [0.29, 0.717) is 24.6 Å². The number of nitrogens with one attached hydrogen (secondary N) is 1. The summed E-state index contributed by atoms with van der Waals surface area (Å²) in [5, 5.41) is 4.76. The van der Waals surface area contributed by atoms with E-state index >= 15 is 0 Å². The van der Waals surface area contributed by atoms with Crippen LogP contribution >= 0.6 is 11.3 Å². The van der Waals surface area contributed by atoms with Crippen LogP contribution in [0.15, 0.2) is 46.7 Å². The number of benzene rings is 1. The number of hydrogen-bond acceptors (Lipinski definition) is 6. The molecule has 0 aliphatic carbocycles. The molecule has 4 rings (SSSR count). The standard InChI is InChI=1S/C19H21N5O3S/c1-27-16-4-2-14(3-5-16)20-18(26)23-8-6-22(7-9-23)13-15-12-17(25)24-10-11-28-19(24)21-15/h2-5,10-12H,6-9,13H2,1H3,(H,20,26). The molecule has 2 amide bonds. The van der Waals surface area contributed by atoms with Crippen LogP contribution in [0.2, 0.25) is 0 Å². The first-order valence-corrected chi connectivity index (χ1v) is 9.88. The number of ether oxygens (including phenoxy) is 1. The maximum absolute atomic E-state index is 12.5. The lowest BCUT2D eigenvalue weighted by atomic mass is 10.3. The van der Waals surface area contributed by atoms with Crippen LogP contribution in [0.1, 0.15) is 5.69 Å². The lowest BCUT2D eigenvalue weighted by Gasteiger charge is -2.34. The average molecular weight is 399 g/mol. The van der Waals surface area contributed by atoms with Gasteiger partial charge in [-0.2, -0.15) is 0 Å². The van der Waals surface area contributed by atoms with E-state index in [1.54, 1.807) is 28.7 Å². The number of fused-ring (bicyclic) bond motifs is 1. The van der Waals surface area contributed by atoms with Crippen molar-refractivity contribution in [3.63, 3.8) is 0 Å². The van der Waals surface area contributed by atoms with Gasteiger partial charge >= 0.3 is 6.03 Å². The average Bonchev–Trinajstić information content (AvgIpc) is 3.18. The van der Waals surface area contributed by atoms with Gasteiger partial charge < -0.3 is 15.0 Å². The molecular weight excluding hydrogens is 378 g/mol. The Morgan fingerprint density at radius 2 is 1.96 bits per heavy atom. The Kier molecular flexibility index (Phi) is 5.27. The van der Waals surface area contributed by atoms with E-state index < -0.39 is 0 Å². The molecule has 1 saturated heterocycles. The van der Waals surface area contributed by atoms with Crippen molar-refractivity contribution in [3.8, 4) is 5.75 Å². The SMILES string of the molecule is COc1ccc(NC(=O)N2CCN(Cc3cc(=O)n4ccsc4n3)CC2)cc1. The fourth-order valence-corrected chi connectivity index (χ4v) is 3.92. The molecule has 0 bridgehead atoms. The zero-order valence-electron chi connectivity index (χ0n) is 15.5. The molecule has 1 fully saturated rings. The van der Waals surface area contributed by atoms with Gasteiger partial charge in [0.1, 0.15) is 5.75 Å². The minimum atomic E-state index is -0.110. The van der Waals surface area contributed by atoms with Crippen molar-refractivity contribution in [1.82, 2.24) is 19.2 Å². The number of aromatic nitrogens is 2. The molecule has 0 saturated carbocycles. The summed E-state index contributed by atoms with van der Waals surface area (Å²) < 4.78 is 6.67. The van der Waals surface area contributed by atoms with Gasteiger partial charge in [-0.15, -0.1) is 11.3 Å². The van der Waals surface area contributed by atoms with Crippen molar-refractivity contribution < 1.29 is 9.53 Å². The Labute approximate surface area is 166 Å². The molecule has 1 aliphatic heterocycles. The van der Waals surface area contributed by atoms with Gasteiger partial charge in [0.15, 0.2) is 4.96 Å². The topological polar surface area (TPSA) is 79.2 Å². The largest absolute Gasteiger partial charge is 0.497 e. The Bertz CT molecular complexity index is 1020. The molecule has 1 N–H and O–H groups in total. The number of carbonyl (C=O) groups is 1. The summed E-state index contributed by atoms with van der Waals surface area (Å²) in [6, 6.07) is 8.74. The number of amides is 2. The third kappa shape index (κ3) is 4.00. The van der Waals surface area contributed by atoms with Gasteiger partial charge in [0.25, 0.3) is 5.56 Å². The van der Waals surface area contributed by atoms with Gasteiger partial charge in [0, 0.05) is 56.1 Å². The highest BCUT2D eigenvalue weighted by molar-refractivity contribution is 7.15. The minimum Gasteiger partial charge on any atom is -0.497 e. The van der Waals surface area contributed by atoms with Gasteiger partial charge in [0.05, 0.1) is 12.8 Å². The summed E-state index contributed by atoms with van der Waals surface area (Å²) in [7, 11) is 1.61. The molecule has 0 radical (unpaired) electrons. The van der Waals surface area contributed by atoms with Crippen molar-refractivity contribution in [2.45, 2.75) is 6.54 Å². The fraction of sp³-hybridized carbons (Fsp3) is 0.316. The Balaban J connectivity index is 1.32. The smallest absolute Gasteiger partial charge is 0.321 e. The predicted molar refractivity (Wildman–Crippen MR) is 108 cm³/mol. The summed E-state index contributed by atoms with van der Waals surface area (Å²) in [6.07, 6.45) is 1.74. The van der Waals surface area contributed by atoms with Gasteiger partial charge in [-0.05, 0) is 24.3 Å². The predicted octanol–water partition coefficient (Wildman–Crippen LogP) is 2.11. The first-order chi connectivity index (χ1) is 13.6. The number of urea groups is 1. The lowest BCUT2D eigenvalue weighted by Crippen LogP contribution is -2.49. The van der Waals surface area contributed by atoms with Crippen LogP contribution in [0, 0.1) is 0 Å². The molecule has 28 heavy (non-hydrogen) atoms. The van der Waals surface area contributed by atoms with E-state index in [9.17, 15) is 9.59 Å². The summed E-state index contributed by atoms with van der Waals surface area (Å²) in [5.74, 6) is 0.751. The Morgan fingerprint density at radius 3 is 2.68 bits per heavy atom. The molecule has 8 nitrogen and oxygen atoms in total. The lowest BCUT2D eigenvalue weighted by molar-refractivity contribution is 0.142. The highest BCUT2D eigenvalue weighted by Crippen LogP contribution is 2.16. The van der Waals surface area contributed by atoms with E-state index in [0.717, 1.165) is 30.2 Å². The number of anilines is 1. The Morgan fingerprint density at radius 1 is 1.21 bits per heavy atom. The maximum Gasteiger partial charge on any atom is 0.321 e. The quantitative estimate of drug-likeness (QED) is 0.727. The molecule has 2 aromatic heterocycles. The van der Waals surface area contributed by atoms with Gasteiger partial charge in [-0.25, -0.2) is 9.78 Å². The monoisotopic (exact) mass is 399 g/mol. The molecule has 3 heterocycles. The Hall–Kier alpha value is -2.91. The molecule has 1 aromatic carbocycles. The van der Waals surface area contributed by atoms with Gasteiger partial charge in [-0.1, -0.05) is 0 Å². The molecular formula is C19H21N5O3S. The second-order valence-electron chi connectivity index (χ2n) is 6.56. The second kappa shape index (κ2) is 7.99. The van der Waals surface area contributed by atoms with Crippen LogP contribution in [0.3, 0.4) is 0 Å². The van der Waals surface area contributed by atoms with Crippen LogP contribution in [-0.4, -0.2) is 58.5 Å². The van der Waals surface area contributed by atoms with Crippen LogP contribution in [0.5, 0.6) is 5.75 Å². The van der Waals surface area contributed by atoms with Crippen molar-refractivity contribution in [2.24, 2.45) is 0 Å². The first-order valence-electron chi connectivity index (χ1n) is 9.00. The van der Waals surface area contributed by atoms with Crippen LogP contribution < -0.4 is 15.6 Å². The summed E-state index contributed by atoms with van der Waals surface area (Å²) >= 11 is 1.45. The van der Waals surface area contributed by atoms with Crippen molar-refractivity contribution in [2.75, 3.05) is 38.6 Å². The van der Waals surface area contributed by atoms with Gasteiger partial charge in [-0.3, -0.25) is 14.1 Å². The molecule has 3 aromatic rings. The van der Waals surface area contributed by atoms with E-state index in [1.807, 2.05) is 29.6 Å². The normalized spacial score (nSPS) is 15.0. The van der Waals surface area contributed by atoms with E-state index in [4.69, 9.17) is 4.74 Å². The number of piperazine rings is 1. The fourth-order valence-electron chi connectivity index (χ4n) is 3.18. The molecule has 0 unspecified atom stereocenters. The third-order valence-corrected chi connectivity index (χ3v) is 5.50. The number of nitrogens with zero attached hydrogens (tertiary/aromatic N) is 4. The third-order valence-electron chi connectivity index (χ3n) is 4.74. The number of carbonyl (C=O) groups excluding carboxylic acids is 1. The molecule has 146 valence electrons. The minimum absolute atomic E-state index is 0.0567. The van der Waals surface area contributed by atoms with Gasteiger partial charge in [0.2, 0.25) is 0 Å². The first kappa shape index (κ1) is 18.5. The number of rotatable bonds is 4. The van der Waals surface area contributed by atoms with Crippen LogP contribution in [-0.2, 0) is 6.54 Å². The zero-order chi connectivity index (χ0) is 19.5. The van der Waals surface area contributed by atoms with E-state index in [1.165, 1.54) is 11.3 Å². The summed E-state index contributed by atoms with van der Waals surface area (Å²) in [6.45, 7) is 3.34. The summed E-state index contributed by atoms with van der Waals surface area (Å²) in [4.78, 5) is 33.8. The van der Waals surface area contributed by atoms with Crippen LogP contribution in [0.4, 0.5) is 10.5 Å². The number of methoxy groups -OCH3 is 1. The van der Waals surface area contributed by atoms with Crippen molar-refractivity contribution in [3.05, 3.63) is 58.0 Å². The molecule has 1 aliphatic rings.